The predicted molar refractivity (Wildman–Crippen MR) is 45.1 cm³/mol. The Bertz CT molecular complexity index is 258. The fraction of sp³-hybridized carbons (Fsp3) is 0.333. The molecule has 3 nitrogen and oxygen atoms in total. The van der Waals surface area contributed by atoms with Gasteiger partial charge in [0.05, 0.1) is 6.61 Å². The maximum atomic E-state index is 9.29. The summed E-state index contributed by atoms with van der Waals surface area (Å²) in [4.78, 5) is 0. The van der Waals surface area contributed by atoms with Gasteiger partial charge in [-0.1, -0.05) is 12.1 Å². The first kappa shape index (κ1) is 8.87. The van der Waals surface area contributed by atoms with Gasteiger partial charge in [0.25, 0.3) is 0 Å². The molecule has 0 saturated heterocycles. The zero-order chi connectivity index (χ0) is 8.97. The lowest BCUT2D eigenvalue weighted by Gasteiger charge is -2.05. The first-order valence-electron chi connectivity index (χ1n) is 3.83. The topological polar surface area (TPSA) is 49.7 Å². The second-order valence-corrected chi connectivity index (χ2v) is 2.42. The summed E-state index contributed by atoms with van der Waals surface area (Å²) in [6.45, 7) is 2.80. The van der Waals surface area contributed by atoms with Crippen LogP contribution in [0.5, 0.6) is 11.5 Å². The molecule has 0 aliphatic carbocycles. The van der Waals surface area contributed by atoms with Crippen molar-refractivity contribution >= 4 is 0 Å². The molecule has 1 rings (SSSR count). The Kier molecular flexibility index (Phi) is 2.94. The van der Waals surface area contributed by atoms with E-state index in [2.05, 4.69) is 0 Å². The van der Waals surface area contributed by atoms with E-state index in [1.54, 1.807) is 12.1 Å². The zero-order valence-corrected chi connectivity index (χ0v) is 6.95. The van der Waals surface area contributed by atoms with E-state index in [0.29, 0.717) is 18.8 Å². The van der Waals surface area contributed by atoms with Crippen LogP contribution in [0.2, 0.25) is 0 Å². The fourth-order valence-corrected chi connectivity index (χ4v) is 0.906. The molecule has 0 heterocycles. The van der Waals surface area contributed by atoms with Crippen LogP contribution in [0, 0.1) is 0 Å². The molecule has 1 aromatic carbocycles. The first-order valence-corrected chi connectivity index (χ1v) is 3.83. The van der Waals surface area contributed by atoms with Crippen molar-refractivity contribution in [2.75, 3.05) is 6.61 Å². The number of benzene rings is 1. The van der Waals surface area contributed by atoms with Crippen LogP contribution >= 0.6 is 0 Å². The van der Waals surface area contributed by atoms with Gasteiger partial charge in [-0.05, 0) is 13.0 Å². The number of aromatic hydroxyl groups is 2. The standard InChI is InChI=1S/C9H12O3/c1-2-12-6-7-4-3-5-8(10)9(7)11/h3-5,10-11H,2,6H2,1H3. The van der Waals surface area contributed by atoms with Crippen LogP contribution in [0.15, 0.2) is 18.2 Å². The SMILES string of the molecule is CCOCc1cccc(O)c1O. The summed E-state index contributed by atoms with van der Waals surface area (Å²) in [5, 5.41) is 18.4. The molecule has 0 aliphatic heterocycles. The molecule has 0 radical (unpaired) electrons. The molecule has 0 amide bonds. The van der Waals surface area contributed by atoms with Crippen LogP contribution in [0.1, 0.15) is 12.5 Å². The Morgan fingerprint density at radius 2 is 2.08 bits per heavy atom. The minimum Gasteiger partial charge on any atom is -0.504 e. The normalized spacial score (nSPS) is 10.1. The Morgan fingerprint density at radius 3 is 2.75 bits per heavy atom. The molecular weight excluding hydrogens is 156 g/mol. The first-order chi connectivity index (χ1) is 5.75. The van der Waals surface area contributed by atoms with Crippen molar-refractivity contribution in [1.29, 1.82) is 0 Å². The van der Waals surface area contributed by atoms with Gasteiger partial charge < -0.3 is 14.9 Å². The summed E-state index contributed by atoms with van der Waals surface area (Å²) in [6, 6.07) is 4.82. The molecule has 0 spiro atoms. The van der Waals surface area contributed by atoms with Crippen LogP contribution < -0.4 is 0 Å². The largest absolute Gasteiger partial charge is 0.504 e. The van der Waals surface area contributed by atoms with Crippen LogP contribution in [-0.4, -0.2) is 16.8 Å². The lowest BCUT2D eigenvalue weighted by atomic mass is 10.2. The lowest BCUT2D eigenvalue weighted by Crippen LogP contribution is -1.91. The van der Waals surface area contributed by atoms with Crippen molar-refractivity contribution in [2.45, 2.75) is 13.5 Å². The molecule has 0 atom stereocenters. The highest BCUT2D eigenvalue weighted by Gasteiger charge is 2.04. The number of para-hydroxylation sites is 1. The van der Waals surface area contributed by atoms with Gasteiger partial charge in [0.1, 0.15) is 0 Å². The molecule has 66 valence electrons. The number of rotatable bonds is 3. The van der Waals surface area contributed by atoms with Crippen LogP contribution in [0.3, 0.4) is 0 Å². The van der Waals surface area contributed by atoms with Gasteiger partial charge in [-0.15, -0.1) is 0 Å². The molecule has 3 heteroatoms. The third-order valence-corrected chi connectivity index (χ3v) is 1.56. The van der Waals surface area contributed by atoms with E-state index in [0.717, 1.165) is 0 Å². The number of hydrogen-bond donors (Lipinski definition) is 2. The highest BCUT2D eigenvalue weighted by molar-refractivity contribution is 5.43. The van der Waals surface area contributed by atoms with E-state index in [9.17, 15) is 5.11 Å². The van der Waals surface area contributed by atoms with Crippen LogP contribution in [-0.2, 0) is 11.3 Å². The minimum atomic E-state index is -0.104. The Balaban J connectivity index is 2.78. The van der Waals surface area contributed by atoms with Crippen molar-refractivity contribution in [3.63, 3.8) is 0 Å². The maximum absolute atomic E-state index is 9.29. The summed E-state index contributed by atoms with van der Waals surface area (Å²) in [5.41, 5.74) is 0.608. The summed E-state index contributed by atoms with van der Waals surface area (Å²) in [5.74, 6) is -0.196. The molecule has 1 aromatic rings. The molecule has 0 unspecified atom stereocenters. The summed E-state index contributed by atoms with van der Waals surface area (Å²) in [6.07, 6.45) is 0. The van der Waals surface area contributed by atoms with Gasteiger partial charge in [-0.2, -0.15) is 0 Å². The van der Waals surface area contributed by atoms with E-state index >= 15 is 0 Å². The molecule has 2 N–H and O–H groups in total. The van der Waals surface area contributed by atoms with Gasteiger partial charge in [0.2, 0.25) is 0 Å². The molecule has 0 saturated carbocycles. The van der Waals surface area contributed by atoms with E-state index in [4.69, 9.17) is 9.84 Å². The average Bonchev–Trinajstić information content (AvgIpc) is 2.08. The molecule has 0 fully saturated rings. The maximum Gasteiger partial charge on any atom is 0.163 e. The second kappa shape index (κ2) is 3.97. The highest BCUT2D eigenvalue weighted by atomic mass is 16.5. The Labute approximate surface area is 71.2 Å². The lowest BCUT2D eigenvalue weighted by molar-refractivity contribution is 0.131. The van der Waals surface area contributed by atoms with E-state index < -0.39 is 0 Å². The fourth-order valence-electron chi connectivity index (χ4n) is 0.906. The van der Waals surface area contributed by atoms with Crippen molar-refractivity contribution in [3.05, 3.63) is 23.8 Å². The smallest absolute Gasteiger partial charge is 0.163 e. The van der Waals surface area contributed by atoms with Crippen LogP contribution in [0.25, 0.3) is 0 Å². The van der Waals surface area contributed by atoms with E-state index in [-0.39, 0.29) is 11.5 Å². The van der Waals surface area contributed by atoms with Gasteiger partial charge >= 0.3 is 0 Å². The molecule has 0 bridgehead atoms. The number of phenols is 2. The molecule has 0 aliphatic rings. The number of phenolic OH excluding ortho intramolecular Hbond substituents is 2. The quantitative estimate of drug-likeness (QED) is 0.674. The van der Waals surface area contributed by atoms with Crippen molar-refractivity contribution in [1.82, 2.24) is 0 Å². The summed E-state index contributed by atoms with van der Waals surface area (Å²) in [7, 11) is 0. The third kappa shape index (κ3) is 1.89. The number of ether oxygens (including phenoxy) is 1. The van der Waals surface area contributed by atoms with Crippen molar-refractivity contribution in [2.24, 2.45) is 0 Å². The summed E-state index contributed by atoms with van der Waals surface area (Å²) >= 11 is 0. The molecular formula is C9H12O3. The third-order valence-electron chi connectivity index (χ3n) is 1.56. The van der Waals surface area contributed by atoms with Gasteiger partial charge in [-0.25, -0.2) is 0 Å². The molecule has 12 heavy (non-hydrogen) atoms. The monoisotopic (exact) mass is 168 g/mol. The average molecular weight is 168 g/mol. The van der Waals surface area contributed by atoms with Gasteiger partial charge in [-0.3, -0.25) is 0 Å². The van der Waals surface area contributed by atoms with E-state index in [1.807, 2.05) is 6.92 Å². The van der Waals surface area contributed by atoms with Crippen LogP contribution in [0.4, 0.5) is 0 Å². The van der Waals surface area contributed by atoms with Crippen molar-refractivity contribution in [3.8, 4) is 11.5 Å². The summed E-state index contributed by atoms with van der Waals surface area (Å²) < 4.78 is 5.08. The molecule has 0 aromatic heterocycles. The van der Waals surface area contributed by atoms with Gasteiger partial charge in [0.15, 0.2) is 11.5 Å². The zero-order valence-electron chi connectivity index (χ0n) is 6.95. The second-order valence-electron chi connectivity index (χ2n) is 2.42. The minimum absolute atomic E-state index is 0.0917. The number of hydrogen-bond acceptors (Lipinski definition) is 3. The predicted octanol–water partition coefficient (Wildman–Crippen LogP) is 1.63. The Morgan fingerprint density at radius 1 is 1.33 bits per heavy atom. The highest BCUT2D eigenvalue weighted by Crippen LogP contribution is 2.28. The van der Waals surface area contributed by atoms with Gasteiger partial charge in [0, 0.05) is 12.2 Å². The van der Waals surface area contributed by atoms with E-state index in [1.165, 1.54) is 6.07 Å². The Hall–Kier alpha value is -1.22. The van der Waals surface area contributed by atoms with Crippen molar-refractivity contribution < 1.29 is 14.9 Å².